The molecule has 2 N–H and O–H groups in total. The Morgan fingerprint density at radius 2 is 2.62 bits per heavy atom. The van der Waals surface area contributed by atoms with Crippen molar-refractivity contribution in [3.63, 3.8) is 0 Å². The first-order chi connectivity index (χ1) is 6.36. The van der Waals surface area contributed by atoms with Gasteiger partial charge in [0.2, 0.25) is 0 Å². The van der Waals surface area contributed by atoms with Crippen LogP contribution in [0.25, 0.3) is 0 Å². The molecule has 1 fully saturated rings. The number of hydrogen-bond donors (Lipinski definition) is 2. The first-order valence-electron chi connectivity index (χ1n) is 4.86. The number of hydrogen-bond acceptors (Lipinski definition) is 3. The molecule has 1 saturated heterocycles. The van der Waals surface area contributed by atoms with Gasteiger partial charge in [-0.1, -0.05) is 6.07 Å². The van der Waals surface area contributed by atoms with Crippen molar-refractivity contribution in [1.29, 1.82) is 0 Å². The normalized spacial score (nSPS) is 24.8. The first kappa shape index (κ1) is 9.19. The Hall–Kier alpha value is -0.380. The monoisotopic (exact) mass is 196 g/mol. The lowest BCUT2D eigenvalue weighted by Crippen LogP contribution is -2.32. The van der Waals surface area contributed by atoms with Gasteiger partial charge in [0, 0.05) is 23.5 Å². The Labute approximate surface area is 83.4 Å². The maximum absolute atomic E-state index is 3.63. The molecule has 0 spiro atoms. The van der Waals surface area contributed by atoms with Crippen molar-refractivity contribution in [1.82, 2.24) is 10.6 Å². The van der Waals surface area contributed by atoms with Crippen LogP contribution in [-0.2, 0) is 0 Å². The molecule has 1 aromatic rings. The van der Waals surface area contributed by atoms with E-state index in [-0.39, 0.29) is 0 Å². The quantitative estimate of drug-likeness (QED) is 0.770. The fourth-order valence-electron chi connectivity index (χ4n) is 1.77. The Morgan fingerprint density at radius 1 is 1.69 bits per heavy atom. The molecule has 0 bridgehead atoms. The third-order valence-corrected chi connectivity index (χ3v) is 3.57. The van der Waals surface area contributed by atoms with Gasteiger partial charge in [-0.15, -0.1) is 11.3 Å². The van der Waals surface area contributed by atoms with Crippen molar-refractivity contribution < 1.29 is 0 Å². The van der Waals surface area contributed by atoms with Crippen molar-refractivity contribution in [2.24, 2.45) is 0 Å². The van der Waals surface area contributed by atoms with E-state index in [0.29, 0.717) is 12.1 Å². The lowest BCUT2D eigenvalue weighted by Gasteiger charge is -2.17. The smallest absolute Gasteiger partial charge is 0.0388 e. The third-order valence-electron chi connectivity index (χ3n) is 2.52. The largest absolute Gasteiger partial charge is 0.315 e. The summed E-state index contributed by atoms with van der Waals surface area (Å²) in [5.41, 5.74) is 0. The summed E-state index contributed by atoms with van der Waals surface area (Å²) in [6, 6.07) is 5.48. The highest BCUT2D eigenvalue weighted by atomic mass is 32.1. The van der Waals surface area contributed by atoms with Crippen LogP contribution >= 0.6 is 11.3 Å². The van der Waals surface area contributed by atoms with Crippen LogP contribution in [0.2, 0.25) is 0 Å². The minimum atomic E-state index is 0.505. The van der Waals surface area contributed by atoms with Crippen LogP contribution in [0, 0.1) is 0 Å². The van der Waals surface area contributed by atoms with Gasteiger partial charge < -0.3 is 10.6 Å². The molecule has 0 unspecified atom stereocenters. The van der Waals surface area contributed by atoms with Gasteiger partial charge in [0.05, 0.1) is 0 Å². The van der Waals surface area contributed by atoms with Crippen LogP contribution in [0.4, 0.5) is 0 Å². The highest BCUT2D eigenvalue weighted by molar-refractivity contribution is 7.10. The van der Waals surface area contributed by atoms with Gasteiger partial charge in [-0.25, -0.2) is 0 Å². The van der Waals surface area contributed by atoms with Crippen LogP contribution in [0.5, 0.6) is 0 Å². The van der Waals surface area contributed by atoms with Crippen molar-refractivity contribution in [3.05, 3.63) is 22.4 Å². The van der Waals surface area contributed by atoms with Crippen LogP contribution in [0.15, 0.2) is 17.5 Å². The standard InChI is InChI=1S/C10H16N2S/c1-8(10-3-2-6-13-10)12-9-4-5-11-7-9/h2-3,6,8-9,11-12H,4-5,7H2,1H3/t8-,9-/m1/s1. The molecular formula is C10H16N2S. The molecule has 1 aliphatic rings. The lowest BCUT2D eigenvalue weighted by atomic mass is 10.2. The molecule has 2 rings (SSSR count). The molecule has 13 heavy (non-hydrogen) atoms. The summed E-state index contributed by atoms with van der Waals surface area (Å²) in [6.45, 7) is 4.52. The molecule has 2 heterocycles. The van der Waals surface area contributed by atoms with E-state index in [1.165, 1.54) is 11.3 Å². The average Bonchev–Trinajstić information content (AvgIpc) is 2.74. The zero-order valence-electron chi connectivity index (χ0n) is 7.92. The summed E-state index contributed by atoms with van der Waals surface area (Å²) < 4.78 is 0. The van der Waals surface area contributed by atoms with Gasteiger partial charge in [-0.2, -0.15) is 0 Å². The summed E-state index contributed by atoms with van der Waals surface area (Å²) in [4.78, 5) is 1.44. The fraction of sp³-hybridized carbons (Fsp3) is 0.600. The zero-order valence-corrected chi connectivity index (χ0v) is 8.73. The average molecular weight is 196 g/mol. The summed E-state index contributed by atoms with van der Waals surface area (Å²) in [7, 11) is 0. The van der Waals surface area contributed by atoms with Gasteiger partial charge in [0.1, 0.15) is 0 Å². The maximum Gasteiger partial charge on any atom is 0.0388 e. The SMILES string of the molecule is C[C@@H](N[C@@H]1CCNC1)c1cccs1. The molecule has 0 radical (unpaired) electrons. The van der Waals surface area contributed by atoms with Gasteiger partial charge in [-0.05, 0) is 31.3 Å². The summed E-state index contributed by atoms with van der Waals surface area (Å²) in [5, 5.41) is 9.13. The summed E-state index contributed by atoms with van der Waals surface area (Å²) >= 11 is 1.83. The van der Waals surface area contributed by atoms with E-state index >= 15 is 0 Å². The minimum absolute atomic E-state index is 0.505. The molecule has 1 aromatic heterocycles. The molecule has 3 heteroatoms. The number of thiophene rings is 1. The second-order valence-electron chi connectivity index (χ2n) is 3.59. The van der Waals surface area contributed by atoms with Gasteiger partial charge in [-0.3, -0.25) is 0 Å². The van der Waals surface area contributed by atoms with Crippen molar-refractivity contribution >= 4 is 11.3 Å². The number of rotatable bonds is 3. The molecular weight excluding hydrogens is 180 g/mol. The van der Waals surface area contributed by atoms with Crippen molar-refractivity contribution in [2.45, 2.75) is 25.4 Å². The molecule has 2 nitrogen and oxygen atoms in total. The predicted octanol–water partition coefficient (Wildman–Crippen LogP) is 1.76. The molecule has 0 amide bonds. The predicted molar refractivity (Wildman–Crippen MR) is 57.1 cm³/mol. The van der Waals surface area contributed by atoms with Crippen LogP contribution in [0.3, 0.4) is 0 Å². The third kappa shape index (κ3) is 2.30. The topological polar surface area (TPSA) is 24.1 Å². The Bertz CT molecular complexity index is 239. The Balaban J connectivity index is 1.87. The Morgan fingerprint density at radius 3 is 3.23 bits per heavy atom. The van der Waals surface area contributed by atoms with E-state index in [4.69, 9.17) is 0 Å². The molecule has 1 aliphatic heterocycles. The molecule has 0 saturated carbocycles. The first-order valence-corrected chi connectivity index (χ1v) is 5.74. The van der Waals surface area contributed by atoms with Gasteiger partial charge >= 0.3 is 0 Å². The minimum Gasteiger partial charge on any atom is -0.315 e. The van der Waals surface area contributed by atoms with E-state index in [0.717, 1.165) is 13.1 Å². The highest BCUT2D eigenvalue weighted by Crippen LogP contribution is 2.19. The van der Waals surface area contributed by atoms with Crippen LogP contribution in [-0.4, -0.2) is 19.1 Å². The van der Waals surface area contributed by atoms with Crippen LogP contribution in [0.1, 0.15) is 24.3 Å². The second-order valence-corrected chi connectivity index (χ2v) is 4.57. The van der Waals surface area contributed by atoms with E-state index in [1.54, 1.807) is 0 Å². The maximum atomic E-state index is 3.63. The van der Waals surface area contributed by atoms with Crippen molar-refractivity contribution in [2.75, 3.05) is 13.1 Å². The van der Waals surface area contributed by atoms with Gasteiger partial charge in [0.15, 0.2) is 0 Å². The molecule has 72 valence electrons. The van der Waals surface area contributed by atoms with E-state index in [1.807, 2.05) is 11.3 Å². The van der Waals surface area contributed by atoms with Crippen molar-refractivity contribution in [3.8, 4) is 0 Å². The van der Waals surface area contributed by atoms with E-state index in [2.05, 4.69) is 35.1 Å². The van der Waals surface area contributed by atoms with Crippen LogP contribution < -0.4 is 10.6 Å². The second kappa shape index (κ2) is 4.22. The Kier molecular flexibility index (Phi) is 2.98. The molecule has 2 atom stereocenters. The molecule has 0 aromatic carbocycles. The lowest BCUT2D eigenvalue weighted by molar-refractivity contribution is 0.483. The number of nitrogens with one attached hydrogen (secondary N) is 2. The summed E-state index contributed by atoms with van der Waals surface area (Å²) in [6.07, 6.45) is 1.26. The highest BCUT2D eigenvalue weighted by Gasteiger charge is 2.17. The van der Waals surface area contributed by atoms with E-state index in [9.17, 15) is 0 Å². The fourth-order valence-corrected chi connectivity index (χ4v) is 2.51. The zero-order chi connectivity index (χ0) is 9.10. The van der Waals surface area contributed by atoms with E-state index < -0.39 is 0 Å². The van der Waals surface area contributed by atoms with Gasteiger partial charge in [0.25, 0.3) is 0 Å². The molecule has 0 aliphatic carbocycles. The summed E-state index contributed by atoms with van der Waals surface area (Å²) in [5.74, 6) is 0.